The Labute approximate surface area is 118 Å². The number of hydrogen-bond donors (Lipinski definition) is 1. The van der Waals surface area contributed by atoms with Gasteiger partial charge in [-0.3, -0.25) is 0 Å². The van der Waals surface area contributed by atoms with E-state index in [9.17, 15) is 0 Å². The van der Waals surface area contributed by atoms with Crippen molar-refractivity contribution >= 4 is 11.6 Å². The van der Waals surface area contributed by atoms with Gasteiger partial charge in [0.2, 0.25) is 0 Å². The molecule has 0 aliphatic heterocycles. The highest BCUT2D eigenvalue weighted by Crippen LogP contribution is 2.28. The van der Waals surface area contributed by atoms with Crippen LogP contribution in [0.25, 0.3) is 0 Å². The van der Waals surface area contributed by atoms with Crippen LogP contribution < -0.4 is 10.1 Å². The third-order valence-electron chi connectivity index (χ3n) is 3.04. The molecule has 0 saturated heterocycles. The molecule has 102 valence electrons. The van der Waals surface area contributed by atoms with Crippen LogP contribution in [0.15, 0.2) is 36.9 Å². The van der Waals surface area contributed by atoms with E-state index in [0.717, 1.165) is 22.9 Å². The predicted octanol–water partition coefficient (Wildman–Crippen LogP) is 2.90. The van der Waals surface area contributed by atoms with Gasteiger partial charge in [0.1, 0.15) is 12.4 Å². The van der Waals surface area contributed by atoms with Crippen molar-refractivity contribution in [3.05, 3.63) is 47.5 Å². The highest BCUT2D eigenvalue weighted by Gasteiger charge is 2.10. The fourth-order valence-corrected chi connectivity index (χ4v) is 2.01. The Balaban J connectivity index is 2.02. The molecule has 1 atom stereocenters. The predicted molar refractivity (Wildman–Crippen MR) is 76.6 cm³/mol. The summed E-state index contributed by atoms with van der Waals surface area (Å²) in [7, 11) is 1.92. The molecule has 1 N–H and O–H groups in total. The number of aromatic nitrogens is 2. The van der Waals surface area contributed by atoms with Crippen LogP contribution in [0.1, 0.15) is 18.5 Å². The first-order valence-corrected chi connectivity index (χ1v) is 6.63. The minimum atomic E-state index is 0.196. The monoisotopic (exact) mass is 279 g/mol. The molecule has 0 amide bonds. The Hall–Kier alpha value is -1.52. The van der Waals surface area contributed by atoms with Gasteiger partial charge in [-0.25, -0.2) is 4.98 Å². The normalized spacial score (nSPS) is 12.4. The number of halogens is 1. The zero-order valence-corrected chi connectivity index (χ0v) is 11.9. The molecular weight excluding hydrogens is 262 g/mol. The number of rotatable bonds is 6. The van der Waals surface area contributed by atoms with E-state index in [2.05, 4.69) is 17.2 Å². The average molecular weight is 280 g/mol. The van der Waals surface area contributed by atoms with E-state index in [4.69, 9.17) is 16.3 Å². The van der Waals surface area contributed by atoms with Gasteiger partial charge in [0, 0.05) is 29.0 Å². The second kappa shape index (κ2) is 6.59. The van der Waals surface area contributed by atoms with Gasteiger partial charge in [0.15, 0.2) is 0 Å². The third-order valence-corrected chi connectivity index (χ3v) is 3.27. The van der Waals surface area contributed by atoms with Crippen molar-refractivity contribution in [2.24, 2.45) is 0 Å². The molecule has 1 aromatic heterocycles. The van der Waals surface area contributed by atoms with E-state index in [0.29, 0.717) is 6.61 Å². The summed E-state index contributed by atoms with van der Waals surface area (Å²) in [4.78, 5) is 4.00. The Morgan fingerprint density at radius 1 is 1.47 bits per heavy atom. The van der Waals surface area contributed by atoms with Crippen molar-refractivity contribution in [2.45, 2.75) is 19.5 Å². The van der Waals surface area contributed by atoms with Crippen LogP contribution in [-0.4, -0.2) is 23.2 Å². The number of hydrogen-bond acceptors (Lipinski definition) is 3. The number of ether oxygens (including phenoxy) is 1. The fourth-order valence-electron chi connectivity index (χ4n) is 1.82. The third kappa shape index (κ3) is 3.72. The first-order chi connectivity index (χ1) is 9.20. The maximum Gasteiger partial charge on any atom is 0.124 e. The van der Waals surface area contributed by atoms with Crippen molar-refractivity contribution in [1.29, 1.82) is 0 Å². The largest absolute Gasteiger partial charge is 0.491 e. The van der Waals surface area contributed by atoms with Gasteiger partial charge in [-0.1, -0.05) is 11.6 Å². The topological polar surface area (TPSA) is 39.1 Å². The van der Waals surface area contributed by atoms with E-state index in [1.54, 1.807) is 12.5 Å². The van der Waals surface area contributed by atoms with Crippen molar-refractivity contribution in [3.8, 4) is 5.75 Å². The zero-order valence-electron chi connectivity index (χ0n) is 11.1. The molecule has 0 saturated carbocycles. The number of nitrogens with zero attached hydrogens (tertiary/aromatic N) is 2. The lowest BCUT2D eigenvalue weighted by atomic mass is 10.1. The molecule has 0 fully saturated rings. The SMILES string of the molecule is CNC(C)c1cc(Cl)ccc1OCCn1ccnc1. The highest BCUT2D eigenvalue weighted by molar-refractivity contribution is 6.30. The van der Waals surface area contributed by atoms with Crippen LogP contribution in [0.2, 0.25) is 5.02 Å². The Morgan fingerprint density at radius 2 is 2.32 bits per heavy atom. The van der Waals surface area contributed by atoms with E-state index in [1.165, 1.54) is 0 Å². The van der Waals surface area contributed by atoms with Crippen LogP contribution in [-0.2, 0) is 6.54 Å². The quantitative estimate of drug-likeness (QED) is 0.884. The van der Waals surface area contributed by atoms with Gasteiger partial charge in [0.25, 0.3) is 0 Å². The molecule has 1 aromatic carbocycles. The van der Waals surface area contributed by atoms with Crippen LogP contribution in [0.4, 0.5) is 0 Å². The summed E-state index contributed by atoms with van der Waals surface area (Å²) in [6, 6.07) is 5.90. The first-order valence-electron chi connectivity index (χ1n) is 6.26. The summed E-state index contributed by atoms with van der Waals surface area (Å²) in [5, 5.41) is 3.92. The van der Waals surface area contributed by atoms with E-state index >= 15 is 0 Å². The van der Waals surface area contributed by atoms with Crippen LogP contribution in [0.5, 0.6) is 5.75 Å². The van der Waals surface area contributed by atoms with Gasteiger partial charge in [-0.2, -0.15) is 0 Å². The van der Waals surface area contributed by atoms with E-state index in [-0.39, 0.29) is 6.04 Å². The van der Waals surface area contributed by atoms with Gasteiger partial charge in [-0.05, 0) is 32.2 Å². The Bertz CT molecular complexity index is 513. The Morgan fingerprint density at radius 3 is 3.00 bits per heavy atom. The minimum Gasteiger partial charge on any atom is -0.491 e. The summed E-state index contributed by atoms with van der Waals surface area (Å²) >= 11 is 6.04. The number of benzene rings is 1. The lowest BCUT2D eigenvalue weighted by Crippen LogP contribution is -2.15. The first kappa shape index (κ1) is 13.9. The van der Waals surface area contributed by atoms with E-state index < -0.39 is 0 Å². The van der Waals surface area contributed by atoms with Gasteiger partial charge in [0.05, 0.1) is 12.9 Å². The fraction of sp³-hybridized carbons (Fsp3) is 0.357. The van der Waals surface area contributed by atoms with Crippen LogP contribution >= 0.6 is 11.6 Å². The van der Waals surface area contributed by atoms with Crippen molar-refractivity contribution in [1.82, 2.24) is 14.9 Å². The summed E-state index contributed by atoms with van der Waals surface area (Å²) in [6.07, 6.45) is 5.46. The molecule has 0 spiro atoms. The maximum absolute atomic E-state index is 6.04. The van der Waals surface area contributed by atoms with Gasteiger partial charge < -0.3 is 14.6 Å². The summed E-state index contributed by atoms with van der Waals surface area (Å²) in [5.74, 6) is 0.867. The molecular formula is C14H18ClN3O. The molecule has 2 aromatic rings. The molecule has 19 heavy (non-hydrogen) atoms. The second-order valence-corrected chi connectivity index (χ2v) is 4.78. The molecule has 0 bridgehead atoms. The summed E-state index contributed by atoms with van der Waals surface area (Å²) in [6.45, 7) is 3.45. The number of imidazole rings is 1. The van der Waals surface area contributed by atoms with Crippen molar-refractivity contribution in [3.63, 3.8) is 0 Å². The smallest absolute Gasteiger partial charge is 0.124 e. The standard InChI is InChI=1S/C14H18ClN3O/c1-11(16-2)13-9-12(15)3-4-14(13)19-8-7-18-6-5-17-10-18/h3-6,9-11,16H,7-8H2,1-2H3. The van der Waals surface area contributed by atoms with Crippen LogP contribution in [0.3, 0.4) is 0 Å². The Kier molecular flexibility index (Phi) is 4.82. The molecule has 1 heterocycles. The van der Waals surface area contributed by atoms with Gasteiger partial charge in [-0.15, -0.1) is 0 Å². The van der Waals surface area contributed by atoms with Crippen molar-refractivity contribution < 1.29 is 4.74 Å². The molecule has 5 heteroatoms. The summed E-state index contributed by atoms with van der Waals surface area (Å²) < 4.78 is 7.82. The lowest BCUT2D eigenvalue weighted by Gasteiger charge is -2.17. The number of nitrogens with one attached hydrogen (secondary N) is 1. The average Bonchev–Trinajstić information content (AvgIpc) is 2.92. The maximum atomic E-state index is 6.04. The molecule has 0 aliphatic rings. The molecule has 1 unspecified atom stereocenters. The molecule has 2 rings (SSSR count). The van der Waals surface area contributed by atoms with E-state index in [1.807, 2.05) is 36.0 Å². The van der Waals surface area contributed by atoms with Gasteiger partial charge >= 0.3 is 0 Å². The molecule has 0 radical (unpaired) electrons. The van der Waals surface area contributed by atoms with Crippen molar-refractivity contribution in [2.75, 3.05) is 13.7 Å². The molecule has 0 aliphatic carbocycles. The molecule has 4 nitrogen and oxygen atoms in total. The van der Waals surface area contributed by atoms with Crippen LogP contribution in [0, 0.1) is 0 Å². The zero-order chi connectivity index (χ0) is 13.7. The second-order valence-electron chi connectivity index (χ2n) is 4.34. The lowest BCUT2D eigenvalue weighted by molar-refractivity contribution is 0.293. The highest BCUT2D eigenvalue weighted by atomic mass is 35.5. The summed E-state index contributed by atoms with van der Waals surface area (Å²) in [5.41, 5.74) is 1.07. The minimum absolute atomic E-state index is 0.196.